The van der Waals surface area contributed by atoms with Crippen molar-refractivity contribution in [2.75, 3.05) is 20.3 Å². The van der Waals surface area contributed by atoms with Crippen LogP contribution >= 0.6 is 27.5 Å². The van der Waals surface area contributed by atoms with Crippen molar-refractivity contribution in [2.24, 2.45) is 5.92 Å². The van der Waals surface area contributed by atoms with Crippen LogP contribution in [0.2, 0.25) is 5.02 Å². The van der Waals surface area contributed by atoms with E-state index in [2.05, 4.69) is 35.1 Å². The summed E-state index contributed by atoms with van der Waals surface area (Å²) in [5.74, 6) is 0.497. The van der Waals surface area contributed by atoms with Gasteiger partial charge in [0.15, 0.2) is 0 Å². The molecule has 0 aliphatic carbocycles. The van der Waals surface area contributed by atoms with Gasteiger partial charge in [0.25, 0.3) is 0 Å². The van der Waals surface area contributed by atoms with Crippen molar-refractivity contribution in [3.05, 3.63) is 33.3 Å². The Balaban J connectivity index is 2.54. The minimum Gasteiger partial charge on any atom is -0.384 e. The second kappa shape index (κ2) is 7.37. The van der Waals surface area contributed by atoms with Gasteiger partial charge in [0.1, 0.15) is 0 Å². The van der Waals surface area contributed by atoms with E-state index in [-0.39, 0.29) is 6.04 Å². The van der Waals surface area contributed by atoms with Gasteiger partial charge in [-0.3, -0.25) is 0 Å². The highest BCUT2D eigenvalue weighted by atomic mass is 79.9. The zero-order valence-electron chi connectivity index (χ0n) is 10.5. The van der Waals surface area contributed by atoms with Crippen molar-refractivity contribution >= 4 is 27.5 Å². The van der Waals surface area contributed by atoms with Crippen LogP contribution in [-0.4, -0.2) is 20.3 Å². The number of benzene rings is 1. The van der Waals surface area contributed by atoms with Crippen LogP contribution < -0.4 is 5.32 Å². The molecule has 2 atom stereocenters. The lowest BCUT2D eigenvalue weighted by atomic mass is 10.1. The Labute approximate surface area is 117 Å². The van der Waals surface area contributed by atoms with Gasteiger partial charge in [-0.1, -0.05) is 40.5 Å². The summed E-state index contributed by atoms with van der Waals surface area (Å²) in [6.45, 7) is 5.97. The molecule has 17 heavy (non-hydrogen) atoms. The number of hydrogen-bond acceptors (Lipinski definition) is 2. The largest absolute Gasteiger partial charge is 0.384 e. The number of ether oxygens (including phenoxy) is 1. The average molecular weight is 321 g/mol. The minimum absolute atomic E-state index is 0.245. The molecule has 0 aliphatic heterocycles. The molecule has 0 radical (unpaired) electrons. The van der Waals surface area contributed by atoms with Crippen LogP contribution in [0.5, 0.6) is 0 Å². The first-order valence-corrected chi connectivity index (χ1v) is 6.89. The Bertz CT molecular complexity index is 359. The summed E-state index contributed by atoms with van der Waals surface area (Å²) in [4.78, 5) is 0. The molecule has 1 aromatic rings. The molecule has 0 spiro atoms. The highest BCUT2D eigenvalue weighted by Crippen LogP contribution is 2.26. The van der Waals surface area contributed by atoms with Gasteiger partial charge in [0.2, 0.25) is 0 Å². The van der Waals surface area contributed by atoms with Crippen LogP contribution in [0.1, 0.15) is 25.5 Å². The van der Waals surface area contributed by atoms with E-state index in [1.54, 1.807) is 7.11 Å². The predicted molar refractivity (Wildman–Crippen MR) is 76.6 cm³/mol. The zero-order valence-corrected chi connectivity index (χ0v) is 12.8. The molecule has 2 nitrogen and oxygen atoms in total. The molecule has 0 saturated heterocycles. The third-order valence-corrected chi connectivity index (χ3v) is 3.47. The van der Waals surface area contributed by atoms with E-state index in [1.165, 1.54) is 0 Å². The maximum absolute atomic E-state index is 6.21. The Morgan fingerprint density at radius 3 is 2.71 bits per heavy atom. The monoisotopic (exact) mass is 319 g/mol. The summed E-state index contributed by atoms with van der Waals surface area (Å²) >= 11 is 9.61. The number of halogens is 2. The maximum atomic E-state index is 6.21. The lowest BCUT2D eigenvalue weighted by Crippen LogP contribution is -2.26. The summed E-state index contributed by atoms with van der Waals surface area (Å²) in [5.41, 5.74) is 1.12. The van der Waals surface area contributed by atoms with Crippen LogP contribution in [0.25, 0.3) is 0 Å². The molecule has 0 amide bonds. The summed E-state index contributed by atoms with van der Waals surface area (Å²) in [6.07, 6.45) is 0. The smallest absolute Gasteiger partial charge is 0.0499 e. The summed E-state index contributed by atoms with van der Waals surface area (Å²) < 4.78 is 6.11. The first-order chi connectivity index (χ1) is 8.04. The van der Waals surface area contributed by atoms with Gasteiger partial charge >= 0.3 is 0 Å². The molecular formula is C13H19BrClNO. The highest BCUT2D eigenvalue weighted by molar-refractivity contribution is 9.10. The van der Waals surface area contributed by atoms with E-state index < -0.39 is 0 Å². The topological polar surface area (TPSA) is 21.3 Å². The molecule has 0 bridgehead atoms. The summed E-state index contributed by atoms with van der Waals surface area (Å²) in [7, 11) is 1.73. The summed E-state index contributed by atoms with van der Waals surface area (Å²) in [6, 6.07) is 6.23. The lowest BCUT2D eigenvalue weighted by molar-refractivity contribution is 0.157. The molecule has 0 fully saturated rings. The fourth-order valence-corrected chi connectivity index (χ4v) is 2.52. The Morgan fingerprint density at radius 1 is 1.41 bits per heavy atom. The first-order valence-electron chi connectivity index (χ1n) is 5.72. The van der Waals surface area contributed by atoms with Crippen molar-refractivity contribution in [1.82, 2.24) is 5.32 Å². The first kappa shape index (κ1) is 15.0. The van der Waals surface area contributed by atoms with Crippen molar-refractivity contribution < 1.29 is 4.74 Å². The zero-order chi connectivity index (χ0) is 12.8. The van der Waals surface area contributed by atoms with Crippen LogP contribution in [0.15, 0.2) is 22.7 Å². The van der Waals surface area contributed by atoms with Gasteiger partial charge in [-0.25, -0.2) is 0 Å². The van der Waals surface area contributed by atoms with Gasteiger partial charge in [0, 0.05) is 35.8 Å². The molecule has 0 heterocycles. The van der Waals surface area contributed by atoms with E-state index in [1.807, 2.05) is 18.2 Å². The number of hydrogen-bond donors (Lipinski definition) is 1. The molecule has 0 saturated carbocycles. The fourth-order valence-electron chi connectivity index (χ4n) is 1.68. The maximum Gasteiger partial charge on any atom is 0.0499 e. The SMILES string of the molecule is COCC(C)CNC(C)c1ccc(Br)cc1Cl. The fraction of sp³-hybridized carbons (Fsp3) is 0.538. The minimum atomic E-state index is 0.245. The molecule has 0 aromatic heterocycles. The van der Waals surface area contributed by atoms with Crippen LogP contribution in [0.4, 0.5) is 0 Å². The van der Waals surface area contributed by atoms with Gasteiger partial charge in [-0.2, -0.15) is 0 Å². The van der Waals surface area contributed by atoms with Crippen molar-refractivity contribution in [3.8, 4) is 0 Å². The van der Waals surface area contributed by atoms with E-state index in [4.69, 9.17) is 16.3 Å². The van der Waals surface area contributed by atoms with Gasteiger partial charge in [0.05, 0.1) is 0 Å². The third-order valence-electron chi connectivity index (χ3n) is 2.65. The van der Waals surface area contributed by atoms with Crippen LogP contribution in [0, 0.1) is 5.92 Å². The number of nitrogens with one attached hydrogen (secondary N) is 1. The van der Waals surface area contributed by atoms with Crippen molar-refractivity contribution in [1.29, 1.82) is 0 Å². The van der Waals surface area contributed by atoms with Crippen LogP contribution in [0.3, 0.4) is 0 Å². The molecular weight excluding hydrogens is 302 g/mol. The normalized spacial score (nSPS) is 14.6. The second-order valence-electron chi connectivity index (χ2n) is 4.36. The Hall–Kier alpha value is -0.0900. The molecule has 0 aliphatic rings. The molecule has 2 unspecified atom stereocenters. The molecule has 4 heteroatoms. The third kappa shape index (κ3) is 4.96. The standard InChI is InChI=1S/C13H19BrClNO/c1-9(8-17-3)7-16-10(2)12-5-4-11(14)6-13(12)15/h4-6,9-10,16H,7-8H2,1-3H3. The Morgan fingerprint density at radius 2 is 2.12 bits per heavy atom. The van der Waals surface area contributed by atoms with Gasteiger partial charge < -0.3 is 10.1 Å². The van der Waals surface area contributed by atoms with Crippen LogP contribution in [-0.2, 0) is 4.74 Å². The van der Waals surface area contributed by atoms with Crippen molar-refractivity contribution in [3.63, 3.8) is 0 Å². The van der Waals surface area contributed by atoms with E-state index in [0.29, 0.717) is 5.92 Å². The highest BCUT2D eigenvalue weighted by Gasteiger charge is 2.10. The van der Waals surface area contributed by atoms with Gasteiger partial charge in [-0.15, -0.1) is 0 Å². The molecule has 1 N–H and O–H groups in total. The molecule has 1 rings (SSSR count). The van der Waals surface area contributed by atoms with Crippen molar-refractivity contribution in [2.45, 2.75) is 19.9 Å². The van der Waals surface area contributed by atoms with Gasteiger partial charge in [-0.05, 0) is 30.5 Å². The summed E-state index contributed by atoms with van der Waals surface area (Å²) in [5, 5.41) is 4.25. The second-order valence-corrected chi connectivity index (χ2v) is 5.68. The quantitative estimate of drug-likeness (QED) is 0.854. The number of methoxy groups -OCH3 is 1. The Kier molecular flexibility index (Phi) is 6.49. The van der Waals surface area contributed by atoms with E-state index >= 15 is 0 Å². The van der Waals surface area contributed by atoms with E-state index in [0.717, 1.165) is 28.2 Å². The average Bonchev–Trinajstić information content (AvgIpc) is 2.26. The number of rotatable bonds is 6. The lowest BCUT2D eigenvalue weighted by Gasteiger charge is -2.18. The predicted octanol–water partition coefficient (Wildman–Crippen LogP) is 4.04. The molecule has 96 valence electrons. The molecule has 1 aromatic carbocycles. The van der Waals surface area contributed by atoms with E-state index in [9.17, 15) is 0 Å².